The fourth-order valence-electron chi connectivity index (χ4n) is 2.25. The molecule has 0 amide bonds. The summed E-state index contributed by atoms with van der Waals surface area (Å²) in [7, 11) is -4.12. The minimum Gasteiger partial charge on any atom is -0.378 e. The number of nitrogens with one attached hydrogen (secondary N) is 1. The number of hydrogen-bond donors (Lipinski definition) is 2. The van der Waals surface area contributed by atoms with Gasteiger partial charge in [-0.1, -0.05) is 0 Å². The van der Waals surface area contributed by atoms with E-state index in [1.807, 2.05) is 6.92 Å². The minimum absolute atomic E-state index is 0.0136. The number of halogens is 2. The molecule has 1 aliphatic rings. The molecule has 1 aromatic rings. The molecule has 0 saturated heterocycles. The molecule has 1 aromatic carbocycles. The lowest BCUT2D eigenvalue weighted by atomic mass is 9.90. The number of nitrogens with two attached hydrogens (primary N) is 1. The largest absolute Gasteiger partial charge is 0.378 e. The molecule has 1 aliphatic carbocycles. The van der Waals surface area contributed by atoms with Crippen LogP contribution in [0.1, 0.15) is 25.3 Å². The van der Waals surface area contributed by atoms with E-state index in [1.165, 1.54) is 0 Å². The number of rotatable bonds is 6. The fourth-order valence-corrected chi connectivity index (χ4v) is 3.65. The maximum absolute atomic E-state index is 13.7. The number of ether oxygens (including phenoxy) is 1. The Kier molecular flexibility index (Phi) is 4.92. The monoisotopic (exact) mass is 320 g/mol. The van der Waals surface area contributed by atoms with Crippen LogP contribution in [-0.4, -0.2) is 27.2 Å². The van der Waals surface area contributed by atoms with Crippen LogP contribution in [0.15, 0.2) is 17.0 Å². The summed E-state index contributed by atoms with van der Waals surface area (Å²) in [5.74, 6) is -2.61. The van der Waals surface area contributed by atoms with Crippen molar-refractivity contribution in [2.75, 3.05) is 6.61 Å². The molecule has 0 aromatic heterocycles. The van der Waals surface area contributed by atoms with Gasteiger partial charge in [0.25, 0.3) is 0 Å². The summed E-state index contributed by atoms with van der Waals surface area (Å²) in [5.41, 5.74) is 5.57. The zero-order chi connectivity index (χ0) is 15.6. The van der Waals surface area contributed by atoms with Crippen LogP contribution in [0.25, 0.3) is 0 Å². The molecule has 0 heterocycles. The van der Waals surface area contributed by atoms with Gasteiger partial charge >= 0.3 is 0 Å². The zero-order valence-corrected chi connectivity index (χ0v) is 12.4. The van der Waals surface area contributed by atoms with Crippen LogP contribution in [0, 0.1) is 11.6 Å². The van der Waals surface area contributed by atoms with Crippen molar-refractivity contribution in [3.8, 4) is 0 Å². The maximum atomic E-state index is 13.7. The molecule has 1 fully saturated rings. The van der Waals surface area contributed by atoms with E-state index in [9.17, 15) is 17.2 Å². The molecule has 1 saturated carbocycles. The van der Waals surface area contributed by atoms with Crippen molar-refractivity contribution in [2.45, 2.75) is 43.4 Å². The van der Waals surface area contributed by atoms with Gasteiger partial charge in [-0.05, 0) is 37.5 Å². The number of benzene rings is 1. The Morgan fingerprint density at radius 3 is 2.62 bits per heavy atom. The van der Waals surface area contributed by atoms with Crippen molar-refractivity contribution in [1.82, 2.24) is 4.72 Å². The lowest BCUT2D eigenvalue weighted by molar-refractivity contribution is -0.00476. The predicted molar refractivity (Wildman–Crippen MR) is 73.0 cm³/mol. The van der Waals surface area contributed by atoms with Crippen LogP contribution in [0.3, 0.4) is 0 Å². The molecule has 118 valence electrons. The highest BCUT2D eigenvalue weighted by Crippen LogP contribution is 2.26. The molecular weight excluding hydrogens is 302 g/mol. The van der Waals surface area contributed by atoms with Crippen molar-refractivity contribution < 1.29 is 21.9 Å². The normalized spacial score (nSPS) is 22.1. The van der Waals surface area contributed by atoms with E-state index in [0.717, 1.165) is 12.1 Å². The quantitative estimate of drug-likeness (QED) is 0.827. The molecule has 0 atom stereocenters. The summed E-state index contributed by atoms with van der Waals surface area (Å²) >= 11 is 0. The Balaban J connectivity index is 2.15. The van der Waals surface area contributed by atoms with Crippen LogP contribution in [0.2, 0.25) is 0 Å². The third kappa shape index (κ3) is 3.57. The van der Waals surface area contributed by atoms with Gasteiger partial charge in [-0.2, -0.15) is 0 Å². The second-order valence-electron chi connectivity index (χ2n) is 4.96. The Morgan fingerprint density at radius 1 is 1.38 bits per heavy atom. The Bertz CT molecular complexity index is 616. The van der Waals surface area contributed by atoms with Gasteiger partial charge in [0.15, 0.2) is 11.6 Å². The first-order valence-corrected chi connectivity index (χ1v) is 8.17. The van der Waals surface area contributed by atoms with E-state index in [1.54, 1.807) is 0 Å². The highest BCUT2D eigenvalue weighted by Gasteiger charge is 2.34. The standard InChI is InChI=1S/C13H18F2N2O3S/c1-2-20-10-5-9(6-10)17-21(18,19)12-4-8(7-16)3-11(14)13(12)15/h3-4,9-10,17H,2,5-7,16H2,1H3. The van der Waals surface area contributed by atoms with Gasteiger partial charge in [-0.3, -0.25) is 0 Å². The zero-order valence-electron chi connectivity index (χ0n) is 11.6. The topological polar surface area (TPSA) is 81.4 Å². The fraction of sp³-hybridized carbons (Fsp3) is 0.538. The van der Waals surface area contributed by atoms with E-state index in [4.69, 9.17) is 10.5 Å². The van der Waals surface area contributed by atoms with Crippen molar-refractivity contribution in [1.29, 1.82) is 0 Å². The highest BCUT2D eigenvalue weighted by atomic mass is 32.2. The second-order valence-corrected chi connectivity index (χ2v) is 6.64. The SMILES string of the molecule is CCOC1CC(NS(=O)(=O)c2cc(CN)cc(F)c2F)C1. The van der Waals surface area contributed by atoms with Gasteiger partial charge in [0.1, 0.15) is 4.90 Å². The van der Waals surface area contributed by atoms with E-state index < -0.39 is 26.6 Å². The second kappa shape index (κ2) is 6.35. The highest BCUT2D eigenvalue weighted by molar-refractivity contribution is 7.89. The number of sulfonamides is 1. The molecule has 0 unspecified atom stereocenters. The molecule has 2 rings (SSSR count). The smallest absolute Gasteiger partial charge is 0.243 e. The van der Waals surface area contributed by atoms with Gasteiger partial charge in [0, 0.05) is 19.2 Å². The summed E-state index contributed by atoms with van der Waals surface area (Å²) in [6.07, 6.45) is 1.06. The maximum Gasteiger partial charge on any atom is 0.243 e. The van der Waals surface area contributed by atoms with E-state index >= 15 is 0 Å². The molecule has 8 heteroatoms. The lowest BCUT2D eigenvalue weighted by Crippen LogP contribution is -2.47. The molecule has 3 N–H and O–H groups in total. The van der Waals surface area contributed by atoms with Gasteiger partial charge in [0.2, 0.25) is 10.0 Å². The molecular formula is C13H18F2N2O3S. The number of hydrogen-bond acceptors (Lipinski definition) is 4. The van der Waals surface area contributed by atoms with E-state index in [0.29, 0.717) is 19.4 Å². The van der Waals surface area contributed by atoms with Crippen LogP contribution in [0.5, 0.6) is 0 Å². The summed E-state index contributed by atoms with van der Waals surface area (Å²) < 4.78 is 59.1. The molecule has 0 bridgehead atoms. The van der Waals surface area contributed by atoms with Crippen LogP contribution in [0.4, 0.5) is 8.78 Å². The molecule has 5 nitrogen and oxygen atoms in total. The molecule has 0 spiro atoms. The first kappa shape index (κ1) is 16.3. The lowest BCUT2D eigenvalue weighted by Gasteiger charge is -2.35. The first-order chi connectivity index (χ1) is 9.87. The van der Waals surface area contributed by atoms with Crippen LogP contribution in [-0.2, 0) is 21.3 Å². The summed E-state index contributed by atoms with van der Waals surface area (Å²) in [5, 5.41) is 0. The van der Waals surface area contributed by atoms with Gasteiger partial charge in [-0.25, -0.2) is 21.9 Å². The Hall–Kier alpha value is -1.09. The Labute approximate surface area is 122 Å². The minimum atomic E-state index is -4.12. The van der Waals surface area contributed by atoms with Gasteiger partial charge < -0.3 is 10.5 Å². The molecule has 0 radical (unpaired) electrons. The molecule has 21 heavy (non-hydrogen) atoms. The predicted octanol–water partition coefficient (Wildman–Crippen LogP) is 1.27. The third-order valence-electron chi connectivity index (χ3n) is 3.40. The van der Waals surface area contributed by atoms with Crippen LogP contribution < -0.4 is 10.5 Å². The van der Waals surface area contributed by atoms with E-state index in [-0.39, 0.29) is 24.3 Å². The first-order valence-electron chi connectivity index (χ1n) is 6.69. The van der Waals surface area contributed by atoms with Gasteiger partial charge in [-0.15, -0.1) is 0 Å². The van der Waals surface area contributed by atoms with Crippen molar-refractivity contribution in [3.63, 3.8) is 0 Å². The third-order valence-corrected chi connectivity index (χ3v) is 4.92. The van der Waals surface area contributed by atoms with Crippen molar-refractivity contribution in [3.05, 3.63) is 29.3 Å². The average molecular weight is 320 g/mol. The van der Waals surface area contributed by atoms with Crippen molar-refractivity contribution >= 4 is 10.0 Å². The summed E-state index contributed by atoms with van der Waals surface area (Å²) in [4.78, 5) is -0.706. The van der Waals surface area contributed by atoms with E-state index in [2.05, 4.69) is 4.72 Å². The summed E-state index contributed by atoms with van der Waals surface area (Å²) in [6.45, 7) is 2.34. The van der Waals surface area contributed by atoms with Crippen molar-refractivity contribution in [2.24, 2.45) is 5.73 Å². The molecule has 0 aliphatic heterocycles. The summed E-state index contributed by atoms with van der Waals surface area (Å²) in [6, 6.07) is 1.62. The average Bonchev–Trinajstić information content (AvgIpc) is 2.39. The van der Waals surface area contributed by atoms with Gasteiger partial charge in [0.05, 0.1) is 6.10 Å². The Morgan fingerprint density at radius 2 is 2.05 bits per heavy atom. The van der Waals surface area contributed by atoms with Crippen LogP contribution >= 0.6 is 0 Å².